The van der Waals surface area contributed by atoms with Gasteiger partial charge in [0, 0.05) is 11.6 Å². The van der Waals surface area contributed by atoms with E-state index in [0.29, 0.717) is 29.6 Å². The number of aliphatic carboxylic acids is 1. The molecule has 1 N–H and O–H groups in total. The summed E-state index contributed by atoms with van der Waals surface area (Å²) in [6, 6.07) is 5.35. The first kappa shape index (κ1) is 15.1. The molecule has 4 heteroatoms. The number of carboxylic acids is 1. The lowest BCUT2D eigenvalue weighted by Gasteiger charge is -2.13. The number of carboxylic acid groups (broad SMARTS) is 1. The van der Waals surface area contributed by atoms with Gasteiger partial charge in [-0.2, -0.15) is 0 Å². The summed E-state index contributed by atoms with van der Waals surface area (Å²) in [4.78, 5) is 10.6. The molecule has 0 saturated heterocycles. The van der Waals surface area contributed by atoms with Crippen LogP contribution in [0.4, 0.5) is 0 Å². The van der Waals surface area contributed by atoms with Crippen LogP contribution >= 0.6 is 0 Å². The Morgan fingerprint density at radius 1 is 1.47 bits per heavy atom. The summed E-state index contributed by atoms with van der Waals surface area (Å²) in [5, 5.41) is 8.69. The maximum atomic E-state index is 10.6. The Balaban J connectivity index is 2.91. The molecule has 1 unspecified atom stereocenters. The van der Waals surface area contributed by atoms with Crippen LogP contribution in [-0.4, -0.2) is 24.8 Å². The zero-order valence-electron chi connectivity index (χ0n) is 11.6. The van der Waals surface area contributed by atoms with Crippen LogP contribution in [0.25, 0.3) is 6.08 Å². The second-order valence-electron chi connectivity index (χ2n) is 4.40. The number of ether oxygens (including phenoxy) is 2. The average Bonchev–Trinajstić information content (AvgIpc) is 2.42. The van der Waals surface area contributed by atoms with Crippen molar-refractivity contribution >= 4 is 12.0 Å². The van der Waals surface area contributed by atoms with Gasteiger partial charge in [-0.05, 0) is 30.2 Å². The van der Waals surface area contributed by atoms with Gasteiger partial charge in [-0.3, -0.25) is 0 Å². The molecule has 0 amide bonds. The quantitative estimate of drug-likeness (QED) is 0.768. The first-order valence-electron chi connectivity index (χ1n) is 6.28. The molecule has 19 heavy (non-hydrogen) atoms. The molecule has 104 valence electrons. The van der Waals surface area contributed by atoms with Crippen LogP contribution in [0.3, 0.4) is 0 Å². The van der Waals surface area contributed by atoms with Crippen LogP contribution in [0.1, 0.15) is 25.8 Å². The molecule has 0 bridgehead atoms. The molecule has 1 aromatic carbocycles. The Bertz CT molecular complexity index is 451. The summed E-state index contributed by atoms with van der Waals surface area (Å²) in [5.74, 6) is 0.800. The van der Waals surface area contributed by atoms with E-state index in [1.54, 1.807) is 25.3 Å². The van der Waals surface area contributed by atoms with E-state index in [4.69, 9.17) is 14.6 Å². The van der Waals surface area contributed by atoms with Gasteiger partial charge in [0.1, 0.15) is 11.5 Å². The summed E-state index contributed by atoms with van der Waals surface area (Å²) in [7, 11) is 1.57. The van der Waals surface area contributed by atoms with Gasteiger partial charge in [0.05, 0.1) is 13.7 Å². The van der Waals surface area contributed by atoms with Crippen molar-refractivity contribution < 1.29 is 19.4 Å². The van der Waals surface area contributed by atoms with Crippen LogP contribution in [-0.2, 0) is 4.79 Å². The third kappa shape index (κ3) is 5.04. The third-order valence-electron chi connectivity index (χ3n) is 2.84. The van der Waals surface area contributed by atoms with E-state index in [9.17, 15) is 4.79 Å². The Kier molecular flexibility index (Phi) is 5.93. The molecule has 0 heterocycles. The summed E-state index contributed by atoms with van der Waals surface area (Å²) < 4.78 is 10.8. The van der Waals surface area contributed by atoms with Crippen molar-refractivity contribution in [2.75, 3.05) is 13.7 Å². The van der Waals surface area contributed by atoms with Crippen molar-refractivity contribution in [1.82, 2.24) is 0 Å². The second-order valence-corrected chi connectivity index (χ2v) is 4.40. The number of hydrogen-bond donors (Lipinski definition) is 1. The fraction of sp³-hybridized carbons (Fsp3) is 0.400. The van der Waals surface area contributed by atoms with Gasteiger partial charge in [-0.1, -0.05) is 20.3 Å². The van der Waals surface area contributed by atoms with Gasteiger partial charge < -0.3 is 14.6 Å². The Labute approximate surface area is 113 Å². The lowest BCUT2D eigenvalue weighted by molar-refractivity contribution is -0.131. The summed E-state index contributed by atoms with van der Waals surface area (Å²) in [5.41, 5.74) is 0.699. The van der Waals surface area contributed by atoms with Gasteiger partial charge in [0.2, 0.25) is 0 Å². The first-order chi connectivity index (χ1) is 9.06. The molecule has 4 nitrogen and oxygen atoms in total. The average molecular weight is 264 g/mol. The molecule has 0 spiro atoms. The standard InChI is InChI=1S/C15H20O4/c1-4-11(2)10-19-14-7-6-13(18-3)9-12(14)5-8-15(16)17/h5-9,11H,4,10H2,1-3H3,(H,16,17). The minimum atomic E-state index is -0.990. The molecule has 0 radical (unpaired) electrons. The highest BCUT2D eigenvalue weighted by Crippen LogP contribution is 2.26. The predicted octanol–water partition coefficient (Wildman–Crippen LogP) is 3.22. The van der Waals surface area contributed by atoms with Gasteiger partial charge in [-0.15, -0.1) is 0 Å². The van der Waals surface area contributed by atoms with Crippen molar-refractivity contribution in [3.8, 4) is 11.5 Å². The van der Waals surface area contributed by atoms with Crippen molar-refractivity contribution in [1.29, 1.82) is 0 Å². The topological polar surface area (TPSA) is 55.8 Å². The number of hydrogen-bond acceptors (Lipinski definition) is 3. The third-order valence-corrected chi connectivity index (χ3v) is 2.84. The molecule has 0 fully saturated rings. The Morgan fingerprint density at radius 3 is 2.79 bits per heavy atom. The summed E-state index contributed by atoms with van der Waals surface area (Å²) in [6.07, 6.45) is 3.64. The Hall–Kier alpha value is -1.97. The lowest BCUT2D eigenvalue weighted by Crippen LogP contribution is -2.08. The van der Waals surface area contributed by atoms with Crippen LogP contribution in [0.5, 0.6) is 11.5 Å². The van der Waals surface area contributed by atoms with Crippen LogP contribution in [0.15, 0.2) is 24.3 Å². The molecule has 0 aromatic heterocycles. The maximum Gasteiger partial charge on any atom is 0.328 e. The molecule has 1 rings (SSSR count). The smallest absolute Gasteiger partial charge is 0.328 e. The van der Waals surface area contributed by atoms with E-state index in [-0.39, 0.29) is 0 Å². The van der Waals surface area contributed by atoms with E-state index in [1.165, 1.54) is 6.08 Å². The van der Waals surface area contributed by atoms with Crippen molar-refractivity contribution in [2.45, 2.75) is 20.3 Å². The molecule has 0 aliphatic rings. The molecule has 0 aliphatic heterocycles. The van der Waals surface area contributed by atoms with Crippen LogP contribution in [0, 0.1) is 5.92 Å². The van der Waals surface area contributed by atoms with Crippen molar-refractivity contribution in [3.63, 3.8) is 0 Å². The molecule has 1 atom stereocenters. The molecular weight excluding hydrogens is 244 g/mol. The van der Waals surface area contributed by atoms with E-state index in [0.717, 1.165) is 12.5 Å². The number of rotatable bonds is 7. The molecule has 1 aromatic rings. The SMILES string of the molecule is CCC(C)COc1ccc(OC)cc1C=CC(=O)O. The van der Waals surface area contributed by atoms with E-state index < -0.39 is 5.97 Å². The minimum absolute atomic E-state index is 0.457. The van der Waals surface area contributed by atoms with Gasteiger partial charge >= 0.3 is 5.97 Å². The summed E-state index contributed by atoms with van der Waals surface area (Å²) >= 11 is 0. The van der Waals surface area contributed by atoms with Gasteiger partial charge in [0.15, 0.2) is 0 Å². The van der Waals surface area contributed by atoms with Crippen LogP contribution in [0.2, 0.25) is 0 Å². The normalized spacial score (nSPS) is 12.4. The largest absolute Gasteiger partial charge is 0.497 e. The number of carbonyl (C=O) groups is 1. The summed E-state index contributed by atoms with van der Waals surface area (Å²) in [6.45, 7) is 4.82. The predicted molar refractivity (Wildman–Crippen MR) is 74.6 cm³/mol. The number of methoxy groups -OCH3 is 1. The van der Waals surface area contributed by atoms with Crippen LogP contribution < -0.4 is 9.47 Å². The molecule has 0 saturated carbocycles. The molecule has 0 aliphatic carbocycles. The first-order valence-corrected chi connectivity index (χ1v) is 6.28. The zero-order chi connectivity index (χ0) is 14.3. The maximum absolute atomic E-state index is 10.6. The van der Waals surface area contributed by atoms with E-state index in [2.05, 4.69) is 13.8 Å². The second kappa shape index (κ2) is 7.46. The minimum Gasteiger partial charge on any atom is -0.497 e. The zero-order valence-corrected chi connectivity index (χ0v) is 11.6. The van der Waals surface area contributed by atoms with Gasteiger partial charge in [-0.25, -0.2) is 4.79 Å². The number of benzene rings is 1. The fourth-order valence-corrected chi connectivity index (χ4v) is 1.43. The fourth-order valence-electron chi connectivity index (χ4n) is 1.43. The van der Waals surface area contributed by atoms with Gasteiger partial charge in [0.25, 0.3) is 0 Å². The van der Waals surface area contributed by atoms with E-state index in [1.807, 2.05) is 0 Å². The highest BCUT2D eigenvalue weighted by atomic mass is 16.5. The van der Waals surface area contributed by atoms with Crippen molar-refractivity contribution in [3.05, 3.63) is 29.8 Å². The highest BCUT2D eigenvalue weighted by Gasteiger charge is 2.06. The van der Waals surface area contributed by atoms with Crippen molar-refractivity contribution in [2.24, 2.45) is 5.92 Å². The highest BCUT2D eigenvalue weighted by molar-refractivity contribution is 5.86. The Morgan fingerprint density at radius 2 is 2.21 bits per heavy atom. The lowest BCUT2D eigenvalue weighted by atomic mass is 10.1. The van der Waals surface area contributed by atoms with E-state index >= 15 is 0 Å². The molecular formula is C15H20O4. The monoisotopic (exact) mass is 264 g/mol.